The third-order valence-corrected chi connectivity index (χ3v) is 4.59. The lowest BCUT2D eigenvalue weighted by Crippen LogP contribution is -2.40. The number of cyclic esters (lactones) is 1. The van der Waals surface area contributed by atoms with Crippen molar-refractivity contribution in [2.24, 2.45) is 5.41 Å². The fourth-order valence-corrected chi connectivity index (χ4v) is 3.25. The molecule has 0 unspecified atom stereocenters. The molecule has 0 aromatic heterocycles. The molecule has 0 spiro atoms. The molecule has 23 heavy (non-hydrogen) atoms. The van der Waals surface area contributed by atoms with Gasteiger partial charge in [0, 0.05) is 5.41 Å². The van der Waals surface area contributed by atoms with Gasteiger partial charge in [-0.1, -0.05) is 44.2 Å². The van der Waals surface area contributed by atoms with Crippen molar-refractivity contribution in [3.63, 3.8) is 0 Å². The number of rotatable bonds is 4. The molecule has 0 bridgehead atoms. The SMILES string of the molecule is CC1(C)COC(=O)[C@@H]1OC(=O)[C@H](c1ccccc1)N1CCCC1. The number of benzene rings is 1. The van der Waals surface area contributed by atoms with Crippen LogP contribution in [-0.2, 0) is 19.1 Å². The van der Waals surface area contributed by atoms with Crippen molar-refractivity contribution in [3.8, 4) is 0 Å². The van der Waals surface area contributed by atoms with E-state index < -0.39 is 23.5 Å². The molecule has 0 amide bonds. The van der Waals surface area contributed by atoms with E-state index in [2.05, 4.69) is 4.90 Å². The summed E-state index contributed by atoms with van der Waals surface area (Å²) in [7, 11) is 0. The van der Waals surface area contributed by atoms with Gasteiger partial charge in [-0.3, -0.25) is 4.90 Å². The summed E-state index contributed by atoms with van der Waals surface area (Å²) < 4.78 is 10.7. The zero-order valence-corrected chi connectivity index (χ0v) is 13.7. The maximum Gasteiger partial charge on any atom is 0.348 e. The van der Waals surface area contributed by atoms with E-state index in [4.69, 9.17) is 9.47 Å². The first-order valence-electron chi connectivity index (χ1n) is 8.15. The largest absolute Gasteiger partial charge is 0.462 e. The smallest absolute Gasteiger partial charge is 0.348 e. The molecule has 3 rings (SSSR count). The van der Waals surface area contributed by atoms with E-state index >= 15 is 0 Å². The lowest BCUT2D eigenvalue weighted by atomic mass is 9.89. The molecular formula is C18H23NO4. The van der Waals surface area contributed by atoms with Gasteiger partial charge in [0.25, 0.3) is 0 Å². The number of carbonyl (C=O) groups is 2. The van der Waals surface area contributed by atoms with Crippen LogP contribution in [0.5, 0.6) is 0 Å². The van der Waals surface area contributed by atoms with Gasteiger partial charge in [0.15, 0.2) is 0 Å². The number of hydrogen-bond acceptors (Lipinski definition) is 5. The third-order valence-electron chi connectivity index (χ3n) is 4.59. The van der Waals surface area contributed by atoms with Gasteiger partial charge in [-0.2, -0.15) is 0 Å². The van der Waals surface area contributed by atoms with Crippen molar-refractivity contribution < 1.29 is 19.1 Å². The topological polar surface area (TPSA) is 55.8 Å². The minimum atomic E-state index is -0.830. The quantitative estimate of drug-likeness (QED) is 0.798. The van der Waals surface area contributed by atoms with Gasteiger partial charge in [0.1, 0.15) is 12.6 Å². The zero-order valence-electron chi connectivity index (χ0n) is 13.7. The molecule has 2 saturated heterocycles. The summed E-state index contributed by atoms with van der Waals surface area (Å²) in [6.07, 6.45) is 1.32. The molecule has 5 nitrogen and oxygen atoms in total. The van der Waals surface area contributed by atoms with Gasteiger partial charge in [-0.25, -0.2) is 9.59 Å². The highest BCUT2D eigenvalue weighted by atomic mass is 16.6. The molecule has 0 radical (unpaired) electrons. The van der Waals surface area contributed by atoms with Crippen LogP contribution in [0.3, 0.4) is 0 Å². The molecule has 5 heteroatoms. The van der Waals surface area contributed by atoms with Crippen LogP contribution in [0.4, 0.5) is 0 Å². The molecule has 1 aromatic carbocycles. The first-order valence-corrected chi connectivity index (χ1v) is 8.15. The predicted molar refractivity (Wildman–Crippen MR) is 84.6 cm³/mol. The molecule has 1 aromatic rings. The van der Waals surface area contributed by atoms with Crippen molar-refractivity contribution in [3.05, 3.63) is 35.9 Å². The standard InChI is InChI=1S/C18H23NO4/c1-18(2)12-22-17(21)15(18)23-16(20)14(19-10-6-7-11-19)13-8-4-3-5-9-13/h3-5,8-9,14-15H,6-7,10-12H2,1-2H3/t14-,15-/m0/s1. The molecule has 2 heterocycles. The van der Waals surface area contributed by atoms with Crippen molar-refractivity contribution in [2.45, 2.75) is 38.8 Å². The number of carbonyl (C=O) groups excluding carboxylic acids is 2. The van der Waals surface area contributed by atoms with E-state index in [0.29, 0.717) is 0 Å². The molecule has 2 aliphatic heterocycles. The summed E-state index contributed by atoms with van der Waals surface area (Å²) in [5, 5.41) is 0. The average Bonchev–Trinajstić information content (AvgIpc) is 3.13. The molecular weight excluding hydrogens is 294 g/mol. The van der Waals surface area contributed by atoms with Crippen LogP contribution in [-0.4, -0.2) is 42.6 Å². The minimum absolute atomic E-state index is 0.281. The maximum absolute atomic E-state index is 12.8. The second-order valence-corrected chi connectivity index (χ2v) is 6.97. The molecule has 2 atom stereocenters. The van der Waals surface area contributed by atoms with E-state index in [-0.39, 0.29) is 12.6 Å². The van der Waals surface area contributed by atoms with Crippen LogP contribution in [0.2, 0.25) is 0 Å². The number of hydrogen-bond donors (Lipinski definition) is 0. The monoisotopic (exact) mass is 317 g/mol. The molecule has 2 aliphatic rings. The minimum Gasteiger partial charge on any atom is -0.462 e. The molecule has 124 valence electrons. The Hall–Kier alpha value is -1.88. The van der Waals surface area contributed by atoms with Gasteiger partial charge >= 0.3 is 11.9 Å². The Morgan fingerprint density at radius 1 is 1.26 bits per heavy atom. The number of likely N-dealkylation sites (tertiary alicyclic amines) is 1. The summed E-state index contributed by atoms with van der Waals surface area (Å²) >= 11 is 0. The number of esters is 2. The molecule has 2 fully saturated rings. The number of ether oxygens (including phenoxy) is 2. The van der Waals surface area contributed by atoms with E-state index in [0.717, 1.165) is 31.5 Å². The second kappa shape index (κ2) is 6.32. The Labute approximate surface area is 136 Å². The van der Waals surface area contributed by atoms with Gasteiger partial charge < -0.3 is 9.47 Å². The first-order chi connectivity index (χ1) is 11.0. The zero-order chi connectivity index (χ0) is 16.4. The Morgan fingerprint density at radius 3 is 2.48 bits per heavy atom. The molecule has 0 N–H and O–H groups in total. The lowest BCUT2D eigenvalue weighted by Gasteiger charge is -2.29. The van der Waals surface area contributed by atoms with Crippen molar-refractivity contribution in [2.75, 3.05) is 19.7 Å². The Kier molecular flexibility index (Phi) is 4.39. The van der Waals surface area contributed by atoms with E-state index in [1.54, 1.807) is 0 Å². The van der Waals surface area contributed by atoms with Crippen molar-refractivity contribution >= 4 is 11.9 Å². The molecule has 0 aliphatic carbocycles. The van der Waals surface area contributed by atoms with Crippen molar-refractivity contribution in [1.29, 1.82) is 0 Å². The highest BCUT2D eigenvalue weighted by Crippen LogP contribution is 2.34. The van der Waals surface area contributed by atoms with Crippen LogP contribution < -0.4 is 0 Å². The normalized spacial score (nSPS) is 25.1. The van der Waals surface area contributed by atoms with Gasteiger partial charge in [0.05, 0.1) is 0 Å². The Balaban J connectivity index is 1.82. The highest BCUT2D eigenvalue weighted by molar-refractivity contribution is 5.84. The van der Waals surface area contributed by atoms with E-state index in [1.807, 2.05) is 44.2 Å². The van der Waals surface area contributed by atoms with E-state index in [9.17, 15) is 9.59 Å². The van der Waals surface area contributed by atoms with Crippen LogP contribution in [0.25, 0.3) is 0 Å². The Morgan fingerprint density at radius 2 is 1.91 bits per heavy atom. The van der Waals surface area contributed by atoms with Crippen LogP contribution in [0.1, 0.15) is 38.3 Å². The highest BCUT2D eigenvalue weighted by Gasteiger charge is 2.47. The summed E-state index contributed by atoms with van der Waals surface area (Å²) in [5.41, 5.74) is 0.419. The summed E-state index contributed by atoms with van der Waals surface area (Å²) in [6, 6.07) is 9.17. The lowest BCUT2D eigenvalue weighted by molar-refractivity contribution is -0.167. The van der Waals surface area contributed by atoms with Crippen LogP contribution in [0, 0.1) is 5.41 Å². The second-order valence-electron chi connectivity index (χ2n) is 6.97. The average molecular weight is 317 g/mol. The summed E-state index contributed by atoms with van der Waals surface area (Å²) in [4.78, 5) is 26.9. The Bertz CT molecular complexity index is 578. The summed E-state index contributed by atoms with van der Waals surface area (Å²) in [6.45, 7) is 5.77. The predicted octanol–water partition coefficient (Wildman–Crippen LogP) is 2.32. The van der Waals surface area contributed by atoms with Gasteiger partial charge in [0.2, 0.25) is 6.10 Å². The molecule has 0 saturated carbocycles. The maximum atomic E-state index is 12.8. The van der Waals surface area contributed by atoms with Crippen molar-refractivity contribution in [1.82, 2.24) is 4.90 Å². The first kappa shape index (κ1) is 16.0. The third kappa shape index (κ3) is 3.24. The number of nitrogens with zero attached hydrogens (tertiary/aromatic N) is 1. The summed E-state index contributed by atoms with van der Waals surface area (Å²) in [5.74, 6) is -0.813. The van der Waals surface area contributed by atoms with Crippen LogP contribution in [0.15, 0.2) is 30.3 Å². The van der Waals surface area contributed by atoms with E-state index in [1.165, 1.54) is 0 Å². The van der Waals surface area contributed by atoms with Crippen LogP contribution >= 0.6 is 0 Å². The van der Waals surface area contributed by atoms with Gasteiger partial charge in [-0.15, -0.1) is 0 Å². The fraction of sp³-hybridized carbons (Fsp3) is 0.556. The fourth-order valence-electron chi connectivity index (χ4n) is 3.25. The van der Waals surface area contributed by atoms with Gasteiger partial charge in [-0.05, 0) is 31.5 Å².